The van der Waals surface area contributed by atoms with Crippen molar-refractivity contribution in [1.82, 2.24) is 0 Å². The van der Waals surface area contributed by atoms with Gasteiger partial charge in [0.2, 0.25) is 5.91 Å². The first-order valence-corrected chi connectivity index (χ1v) is 8.54. The smallest absolute Gasteiger partial charge is 0.268 e. The molecule has 0 bridgehead atoms. The highest BCUT2D eigenvalue weighted by atomic mass is 32.1. The molecule has 0 saturated heterocycles. The summed E-state index contributed by atoms with van der Waals surface area (Å²) in [4.78, 5) is 27.3. The normalized spacial score (nSPS) is 13.8. The van der Waals surface area contributed by atoms with E-state index in [2.05, 4.69) is 5.32 Å². The van der Waals surface area contributed by atoms with Crippen molar-refractivity contribution in [2.45, 2.75) is 27.2 Å². The van der Waals surface area contributed by atoms with Gasteiger partial charge in [0.15, 0.2) is 0 Å². The molecule has 4 nitrogen and oxygen atoms in total. The fourth-order valence-corrected chi connectivity index (χ4v) is 3.19. The van der Waals surface area contributed by atoms with E-state index in [-0.39, 0.29) is 11.8 Å². The number of amides is 2. The zero-order valence-corrected chi connectivity index (χ0v) is 14.4. The molecule has 23 heavy (non-hydrogen) atoms. The van der Waals surface area contributed by atoms with Crippen LogP contribution in [0.1, 0.15) is 36.0 Å². The Morgan fingerprint density at radius 1 is 1.22 bits per heavy atom. The Labute approximate surface area is 140 Å². The van der Waals surface area contributed by atoms with E-state index in [1.54, 1.807) is 4.90 Å². The number of benzene rings is 1. The molecule has 1 aliphatic heterocycles. The standard InChI is InChI=1S/C18H20N2O2S/c1-18(2,3)17(22)19-13-7-6-12-8-9-20(14(12)11-13)16(21)15-5-4-10-23-15/h4-7,10-11H,8-9H2,1-3H3,(H,19,22). The minimum Gasteiger partial charge on any atom is -0.326 e. The second-order valence-electron chi connectivity index (χ2n) is 6.73. The van der Waals surface area contributed by atoms with E-state index in [9.17, 15) is 9.59 Å². The lowest BCUT2D eigenvalue weighted by molar-refractivity contribution is -0.123. The minimum atomic E-state index is -0.453. The molecular weight excluding hydrogens is 308 g/mol. The molecule has 120 valence electrons. The molecule has 0 saturated carbocycles. The van der Waals surface area contributed by atoms with Gasteiger partial charge in [0.25, 0.3) is 5.91 Å². The molecule has 0 aliphatic carbocycles. The second-order valence-corrected chi connectivity index (χ2v) is 7.68. The first-order chi connectivity index (χ1) is 10.9. The van der Waals surface area contributed by atoms with Crippen LogP contribution in [-0.4, -0.2) is 18.4 Å². The summed E-state index contributed by atoms with van der Waals surface area (Å²) in [6.07, 6.45) is 0.847. The second kappa shape index (κ2) is 5.81. The number of carbonyl (C=O) groups is 2. The van der Waals surface area contributed by atoms with Crippen molar-refractivity contribution < 1.29 is 9.59 Å². The summed E-state index contributed by atoms with van der Waals surface area (Å²) in [7, 11) is 0. The van der Waals surface area contributed by atoms with Crippen LogP contribution in [0.2, 0.25) is 0 Å². The van der Waals surface area contributed by atoms with Crippen LogP contribution in [-0.2, 0) is 11.2 Å². The van der Waals surface area contributed by atoms with Gasteiger partial charge in [-0.25, -0.2) is 0 Å². The van der Waals surface area contributed by atoms with Gasteiger partial charge in [0.05, 0.1) is 4.88 Å². The number of fused-ring (bicyclic) bond motifs is 1. The predicted octanol–water partition coefficient (Wildman–Crippen LogP) is 3.94. The van der Waals surface area contributed by atoms with Crippen LogP contribution in [0.4, 0.5) is 11.4 Å². The van der Waals surface area contributed by atoms with Gasteiger partial charge in [0.1, 0.15) is 0 Å². The molecule has 0 atom stereocenters. The topological polar surface area (TPSA) is 49.4 Å². The van der Waals surface area contributed by atoms with Crippen molar-refractivity contribution >= 4 is 34.5 Å². The van der Waals surface area contributed by atoms with Gasteiger partial charge < -0.3 is 10.2 Å². The van der Waals surface area contributed by atoms with E-state index in [1.165, 1.54) is 11.3 Å². The minimum absolute atomic E-state index is 0.0260. The fourth-order valence-electron chi connectivity index (χ4n) is 2.52. The van der Waals surface area contributed by atoms with E-state index in [0.29, 0.717) is 6.54 Å². The number of hydrogen-bond donors (Lipinski definition) is 1. The fraction of sp³-hybridized carbons (Fsp3) is 0.333. The molecule has 3 rings (SSSR count). The lowest BCUT2D eigenvalue weighted by Crippen LogP contribution is -2.29. The van der Waals surface area contributed by atoms with Gasteiger partial charge in [-0.3, -0.25) is 9.59 Å². The van der Waals surface area contributed by atoms with E-state index < -0.39 is 5.41 Å². The lowest BCUT2D eigenvalue weighted by atomic mass is 9.95. The SMILES string of the molecule is CC(C)(C)C(=O)Nc1ccc2c(c1)N(C(=O)c1cccs1)CC2. The van der Waals surface area contributed by atoms with Crippen molar-refractivity contribution in [1.29, 1.82) is 0 Å². The van der Waals surface area contributed by atoms with Crippen molar-refractivity contribution in [2.75, 3.05) is 16.8 Å². The molecule has 1 aromatic heterocycles. The molecule has 1 aromatic carbocycles. The lowest BCUT2D eigenvalue weighted by Gasteiger charge is -2.20. The van der Waals surface area contributed by atoms with Crippen molar-refractivity contribution in [2.24, 2.45) is 5.41 Å². The Kier molecular flexibility index (Phi) is 3.98. The van der Waals surface area contributed by atoms with Crippen molar-refractivity contribution in [3.05, 3.63) is 46.2 Å². The monoisotopic (exact) mass is 328 g/mol. The highest BCUT2D eigenvalue weighted by Crippen LogP contribution is 2.33. The van der Waals surface area contributed by atoms with Crippen LogP contribution in [0.3, 0.4) is 0 Å². The van der Waals surface area contributed by atoms with Gasteiger partial charge in [-0.15, -0.1) is 11.3 Å². The van der Waals surface area contributed by atoms with Gasteiger partial charge in [-0.2, -0.15) is 0 Å². The highest BCUT2D eigenvalue weighted by molar-refractivity contribution is 7.12. The highest BCUT2D eigenvalue weighted by Gasteiger charge is 2.27. The molecule has 0 spiro atoms. The largest absolute Gasteiger partial charge is 0.326 e. The number of hydrogen-bond acceptors (Lipinski definition) is 3. The van der Waals surface area contributed by atoms with Crippen LogP contribution in [0.15, 0.2) is 35.7 Å². The number of nitrogens with zero attached hydrogens (tertiary/aromatic N) is 1. The average Bonchev–Trinajstić information content (AvgIpc) is 3.15. The molecule has 2 aromatic rings. The molecular formula is C18H20N2O2S. The zero-order valence-electron chi connectivity index (χ0n) is 13.6. The Hall–Kier alpha value is -2.14. The summed E-state index contributed by atoms with van der Waals surface area (Å²) < 4.78 is 0. The van der Waals surface area contributed by atoms with Crippen molar-refractivity contribution in [3.63, 3.8) is 0 Å². The van der Waals surface area contributed by atoms with Gasteiger partial charge >= 0.3 is 0 Å². The first-order valence-electron chi connectivity index (χ1n) is 7.66. The first kappa shape index (κ1) is 15.7. The molecule has 0 unspecified atom stereocenters. The summed E-state index contributed by atoms with van der Waals surface area (Å²) in [5.41, 5.74) is 2.32. The molecule has 2 amide bonds. The molecule has 0 radical (unpaired) electrons. The number of nitrogens with one attached hydrogen (secondary N) is 1. The van der Waals surface area contributed by atoms with Crippen LogP contribution >= 0.6 is 11.3 Å². The Morgan fingerprint density at radius 2 is 2.00 bits per heavy atom. The molecule has 5 heteroatoms. The molecule has 1 N–H and O–H groups in total. The number of anilines is 2. The van der Waals surface area contributed by atoms with E-state index in [4.69, 9.17) is 0 Å². The predicted molar refractivity (Wildman–Crippen MR) is 94.2 cm³/mol. The molecule has 0 fully saturated rings. The van der Waals surface area contributed by atoms with E-state index in [0.717, 1.165) is 28.2 Å². The molecule has 2 heterocycles. The Balaban J connectivity index is 1.86. The Morgan fingerprint density at radius 3 is 2.65 bits per heavy atom. The number of thiophene rings is 1. The van der Waals surface area contributed by atoms with Gasteiger partial charge in [0, 0.05) is 23.3 Å². The van der Waals surface area contributed by atoms with Crippen LogP contribution < -0.4 is 10.2 Å². The summed E-state index contributed by atoms with van der Waals surface area (Å²) in [5, 5.41) is 4.84. The maximum atomic E-state index is 12.6. The molecule has 1 aliphatic rings. The quantitative estimate of drug-likeness (QED) is 0.908. The van der Waals surface area contributed by atoms with Crippen molar-refractivity contribution in [3.8, 4) is 0 Å². The third-order valence-electron chi connectivity index (χ3n) is 3.90. The average molecular weight is 328 g/mol. The third-order valence-corrected chi connectivity index (χ3v) is 4.75. The van der Waals surface area contributed by atoms with E-state index in [1.807, 2.05) is 56.5 Å². The summed E-state index contributed by atoms with van der Waals surface area (Å²) >= 11 is 1.45. The third kappa shape index (κ3) is 3.15. The summed E-state index contributed by atoms with van der Waals surface area (Å²) in [5.74, 6) is -0.00960. The maximum Gasteiger partial charge on any atom is 0.268 e. The number of carbonyl (C=O) groups excluding carboxylic acids is 2. The summed E-state index contributed by atoms with van der Waals surface area (Å²) in [6.45, 7) is 6.32. The zero-order chi connectivity index (χ0) is 16.6. The number of rotatable bonds is 2. The maximum absolute atomic E-state index is 12.6. The summed E-state index contributed by atoms with van der Waals surface area (Å²) in [6, 6.07) is 9.53. The van der Waals surface area contributed by atoms with Crippen LogP contribution in [0, 0.1) is 5.41 Å². The van der Waals surface area contributed by atoms with Gasteiger partial charge in [-0.05, 0) is 35.6 Å². The van der Waals surface area contributed by atoms with E-state index >= 15 is 0 Å². The van der Waals surface area contributed by atoms with Crippen LogP contribution in [0.25, 0.3) is 0 Å². The van der Waals surface area contributed by atoms with Gasteiger partial charge in [-0.1, -0.05) is 32.9 Å². The van der Waals surface area contributed by atoms with Crippen LogP contribution in [0.5, 0.6) is 0 Å². The Bertz CT molecular complexity index is 745.